The molecule has 0 spiro atoms. The number of benzene rings is 1. The first kappa shape index (κ1) is 26.3. The van der Waals surface area contributed by atoms with Gasteiger partial charge in [0.05, 0.1) is 12.6 Å². The molecule has 1 N–H and O–H groups in total. The summed E-state index contributed by atoms with van der Waals surface area (Å²) in [5.41, 5.74) is 5.03. The number of piperidine rings is 1. The number of hydrogen-bond donors (Lipinski definition) is 1. The Labute approximate surface area is 213 Å². The first-order valence-electron chi connectivity index (χ1n) is 13.7. The molecule has 6 heteroatoms. The highest BCUT2D eigenvalue weighted by atomic mass is 16.5. The van der Waals surface area contributed by atoms with E-state index in [1.165, 1.54) is 36.2 Å². The van der Waals surface area contributed by atoms with E-state index in [2.05, 4.69) is 65.9 Å². The Morgan fingerprint density at radius 2 is 1.60 bits per heavy atom. The lowest BCUT2D eigenvalue weighted by Crippen LogP contribution is -2.49. The molecule has 2 saturated heterocycles. The first-order valence-corrected chi connectivity index (χ1v) is 13.7. The zero-order valence-electron chi connectivity index (χ0n) is 23.0. The van der Waals surface area contributed by atoms with Crippen molar-refractivity contribution in [2.45, 2.75) is 71.8 Å². The predicted molar refractivity (Wildman–Crippen MR) is 146 cm³/mol. The number of anilines is 2. The maximum Gasteiger partial charge on any atom is 0.233 e. The summed E-state index contributed by atoms with van der Waals surface area (Å²) in [4.78, 5) is 19.3. The van der Waals surface area contributed by atoms with Crippen LogP contribution < -0.4 is 15.1 Å². The summed E-state index contributed by atoms with van der Waals surface area (Å²) in [6, 6.07) is 7.28. The molecule has 1 saturated carbocycles. The second kappa shape index (κ2) is 10.7. The molecule has 1 aromatic carbocycles. The zero-order valence-corrected chi connectivity index (χ0v) is 23.0. The molecule has 0 radical (unpaired) electrons. The van der Waals surface area contributed by atoms with Crippen LogP contribution in [-0.4, -0.2) is 76.9 Å². The van der Waals surface area contributed by atoms with E-state index in [0.717, 1.165) is 52.1 Å². The minimum Gasteiger partial charge on any atom is -0.381 e. The summed E-state index contributed by atoms with van der Waals surface area (Å²) in [5, 5.41) is 2.76. The van der Waals surface area contributed by atoms with Crippen molar-refractivity contribution in [3.8, 4) is 0 Å². The number of hydrogen-bond acceptors (Lipinski definition) is 5. The Morgan fingerprint density at radius 3 is 2.17 bits per heavy atom. The van der Waals surface area contributed by atoms with Crippen molar-refractivity contribution < 1.29 is 9.53 Å². The molecule has 35 heavy (non-hydrogen) atoms. The van der Waals surface area contributed by atoms with Gasteiger partial charge in [0.2, 0.25) is 5.91 Å². The Bertz CT molecular complexity index is 851. The highest BCUT2D eigenvalue weighted by molar-refractivity contribution is 5.77. The lowest BCUT2D eigenvalue weighted by molar-refractivity contribution is -0.121. The van der Waals surface area contributed by atoms with E-state index in [1.54, 1.807) is 7.05 Å². The molecule has 3 aliphatic rings. The second-order valence-electron chi connectivity index (χ2n) is 12.7. The van der Waals surface area contributed by atoms with Crippen LogP contribution in [0, 0.1) is 10.8 Å². The molecular weight excluding hydrogens is 436 g/mol. The van der Waals surface area contributed by atoms with Gasteiger partial charge in [-0.2, -0.15) is 0 Å². The molecule has 0 aromatic heterocycles. The number of nitrogens with one attached hydrogen (secondary N) is 1. The average molecular weight is 485 g/mol. The molecule has 2 aliphatic heterocycles. The van der Waals surface area contributed by atoms with Gasteiger partial charge >= 0.3 is 0 Å². The van der Waals surface area contributed by atoms with Gasteiger partial charge in [0, 0.05) is 64.8 Å². The van der Waals surface area contributed by atoms with E-state index in [1.807, 2.05) is 7.11 Å². The minimum absolute atomic E-state index is 0.104. The van der Waals surface area contributed by atoms with E-state index in [4.69, 9.17) is 4.74 Å². The number of piperazine rings is 1. The van der Waals surface area contributed by atoms with Crippen LogP contribution in [0.1, 0.15) is 71.3 Å². The summed E-state index contributed by atoms with van der Waals surface area (Å²) < 4.78 is 5.62. The molecule has 0 bridgehead atoms. The third kappa shape index (κ3) is 6.51. The number of amides is 1. The summed E-state index contributed by atoms with van der Waals surface area (Å²) in [5.74, 6) is 0.677. The highest BCUT2D eigenvalue weighted by Crippen LogP contribution is 2.53. The predicted octanol–water partition coefficient (Wildman–Crippen LogP) is 4.49. The molecule has 3 fully saturated rings. The topological polar surface area (TPSA) is 48.1 Å². The molecule has 1 aromatic rings. The molecule has 196 valence electrons. The van der Waals surface area contributed by atoms with Gasteiger partial charge in [-0.1, -0.05) is 27.7 Å². The van der Waals surface area contributed by atoms with E-state index in [-0.39, 0.29) is 5.91 Å². The van der Waals surface area contributed by atoms with Crippen LogP contribution in [-0.2, 0) is 9.53 Å². The van der Waals surface area contributed by atoms with Gasteiger partial charge in [0.1, 0.15) is 0 Å². The zero-order chi connectivity index (χ0) is 25.2. The number of carbonyl (C=O) groups is 1. The third-order valence-corrected chi connectivity index (χ3v) is 8.51. The van der Waals surface area contributed by atoms with E-state index >= 15 is 0 Å². The fraction of sp³-hybridized carbons (Fsp3) is 0.759. The third-order valence-electron chi connectivity index (χ3n) is 8.51. The summed E-state index contributed by atoms with van der Waals surface area (Å²) in [6.07, 6.45) is 6.38. The Kier molecular flexibility index (Phi) is 8.02. The van der Waals surface area contributed by atoms with E-state index < -0.39 is 0 Å². The molecule has 6 nitrogen and oxygen atoms in total. The summed E-state index contributed by atoms with van der Waals surface area (Å²) in [7, 11) is 3.56. The SMILES string of the molecule is CNC(=O)CN1CCN(c2ccc(N3CCC(OC)CC3)cc2C2CC(C)(C)CC(C)(C)C2)CC1. The molecular formula is C29H48N4O2. The second-order valence-corrected chi connectivity index (χ2v) is 12.7. The van der Waals surface area contributed by atoms with Crippen LogP contribution in [0.5, 0.6) is 0 Å². The Balaban J connectivity index is 1.59. The highest BCUT2D eigenvalue weighted by Gasteiger charge is 2.40. The fourth-order valence-electron chi connectivity index (χ4n) is 7.20. The van der Waals surface area contributed by atoms with Crippen LogP contribution in [0.15, 0.2) is 18.2 Å². The van der Waals surface area contributed by atoms with Crippen LogP contribution >= 0.6 is 0 Å². The van der Waals surface area contributed by atoms with Crippen LogP contribution in [0.3, 0.4) is 0 Å². The van der Waals surface area contributed by atoms with Crippen molar-refractivity contribution in [1.82, 2.24) is 10.2 Å². The van der Waals surface area contributed by atoms with Crippen LogP contribution in [0.4, 0.5) is 11.4 Å². The molecule has 0 unspecified atom stereocenters. The fourth-order valence-corrected chi connectivity index (χ4v) is 7.20. The standard InChI is InChI=1S/C29H48N4O2/c1-28(2)18-22(19-29(3,4)21-28)25-17-23(32-11-9-24(35-6)10-12-32)7-8-26(25)33-15-13-31(14-16-33)20-27(34)30-5/h7-8,17,22,24H,9-16,18-21H2,1-6H3,(H,30,34). The largest absolute Gasteiger partial charge is 0.381 e. The van der Waals surface area contributed by atoms with Gasteiger partial charge in [-0.05, 0) is 72.6 Å². The average Bonchev–Trinajstić information content (AvgIpc) is 2.82. The molecule has 4 rings (SSSR count). The number of likely N-dealkylation sites (N-methyl/N-ethyl adjacent to an activating group) is 1. The summed E-state index contributed by atoms with van der Waals surface area (Å²) in [6.45, 7) is 16.3. The van der Waals surface area contributed by atoms with E-state index in [0.29, 0.717) is 29.4 Å². The van der Waals surface area contributed by atoms with Gasteiger partial charge < -0.3 is 19.9 Å². The van der Waals surface area contributed by atoms with Crippen LogP contribution in [0.25, 0.3) is 0 Å². The van der Waals surface area contributed by atoms with Crippen molar-refractivity contribution in [2.24, 2.45) is 10.8 Å². The molecule has 1 aliphatic carbocycles. The van der Waals surface area contributed by atoms with Gasteiger partial charge in [-0.15, -0.1) is 0 Å². The Hall–Kier alpha value is -1.79. The molecule has 2 heterocycles. The maximum absolute atomic E-state index is 11.9. The maximum atomic E-state index is 11.9. The Morgan fingerprint density at radius 1 is 0.971 bits per heavy atom. The smallest absolute Gasteiger partial charge is 0.233 e. The first-order chi connectivity index (χ1) is 16.6. The van der Waals surface area contributed by atoms with Gasteiger partial charge in [0.15, 0.2) is 0 Å². The normalized spacial score (nSPS) is 23.9. The number of rotatable bonds is 6. The van der Waals surface area contributed by atoms with Gasteiger partial charge in [-0.25, -0.2) is 0 Å². The van der Waals surface area contributed by atoms with E-state index in [9.17, 15) is 4.79 Å². The van der Waals surface area contributed by atoms with Crippen molar-refractivity contribution in [3.05, 3.63) is 23.8 Å². The van der Waals surface area contributed by atoms with Crippen molar-refractivity contribution in [3.63, 3.8) is 0 Å². The molecule has 0 atom stereocenters. The van der Waals surface area contributed by atoms with Crippen molar-refractivity contribution in [1.29, 1.82) is 0 Å². The monoisotopic (exact) mass is 484 g/mol. The van der Waals surface area contributed by atoms with Crippen LogP contribution in [0.2, 0.25) is 0 Å². The van der Waals surface area contributed by atoms with Crippen molar-refractivity contribution >= 4 is 17.3 Å². The van der Waals surface area contributed by atoms with Gasteiger partial charge in [0.25, 0.3) is 0 Å². The lowest BCUT2D eigenvalue weighted by atomic mass is 9.60. The van der Waals surface area contributed by atoms with Crippen molar-refractivity contribution in [2.75, 3.05) is 69.8 Å². The molecule has 1 amide bonds. The number of ether oxygens (including phenoxy) is 1. The number of carbonyl (C=O) groups excluding carboxylic acids is 1. The minimum atomic E-state index is 0.104. The lowest BCUT2D eigenvalue weighted by Gasteiger charge is -2.46. The van der Waals surface area contributed by atoms with Gasteiger partial charge in [-0.3, -0.25) is 9.69 Å². The number of nitrogens with zero attached hydrogens (tertiary/aromatic N) is 3. The number of methoxy groups -OCH3 is 1. The summed E-state index contributed by atoms with van der Waals surface area (Å²) >= 11 is 0. The quantitative estimate of drug-likeness (QED) is 0.645.